The smallest absolute Gasteiger partial charge is 0.252 e. The van der Waals surface area contributed by atoms with Gasteiger partial charge in [0.1, 0.15) is 5.82 Å². The number of hydrogen-bond donors (Lipinski definition) is 1. The van der Waals surface area contributed by atoms with Crippen molar-refractivity contribution in [3.8, 4) is 0 Å². The van der Waals surface area contributed by atoms with Crippen molar-refractivity contribution in [3.05, 3.63) is 58.9 Å². The predicted octanol–water partition coefficient (Wildman–Crippen LogP) is 1.61. The van der Waals surface area contributed by atoms with Crippen molar-refractivity contribution in [3.63, 3.8) is 0 Å². The number of halogens is 1. The van der Waals surface area contributed by atoms with E-state index in [2.05, 4.69) is 25.3 Å². The lowest BCUT2D eigenvalue weighted by molar-refractivity contribution is -0.120. The summed E-state index contributed by atoms with van der Waals surface area (Å²) >= 11 is 0. The molecule has 1 amide bonds. The minimum atomic E-state index is -0.288. The molecule has 9 heteroatoms. The van der Waals surface area contributed by atoms with E-state index in [0.717, 1.165) is 30.0 Å². The molecule has 2 aromatic heterocycles. The fourth-order valence-corrected chi connectivity index (χ4v) is 3.76. The molecular weight excluding hydrogens is 387 g/mol. The van der Waals surface area contributed by atoms with Crippen molar-refractivity contribution in [1.29, 1.82) is 0 Å². The Bertz CT molecular complexity index is 1050. The van der Waals surface area contributed by atoms with Crippen LogP contribution in [0.4, 0.5) is 4.39 Å². The Morgan fingerprint density at radius 3 is 2.80 bits per heavy atom. The van der Waals surface area contributed by atoms with E-state index in [1.807, 2.05) is 26.0 Å². The number of carbonyl (C=O) groups excluding carboxylic acids is 1. The molecule has 0 radical (unpaired) electrons. The highest BCUT2D eigenvalue weighted by Gasteiger charge is 2.24. The standard InChI is InChI=1S/C21H25FN6O2/c1-14-10-15(2)28-21(24-14)25-19(26-28)12-20(29)23-13-18(27-6-8-30-9-7-27)16-4-3-5-17(22)11-16/h3-5,10-11,18H,6-9,12-13H2,1-2H3,(H,23,29). The van der Waals surface area contributed by atoms with Crippen LogP contribution in [0.25, 0.3) is 5.78 Å². The molecule has 1 fully saturated rings. The number of amides is 1. The largest absolute Gasteiger partial charge is 0.379 e. The summed E-state index contributed by atoms with van der Waals surface area (Å²) in [5, 5.41) is 7.35. The van der Waals surface area contributed by atoms with Crippen LogP contribution in [0.3, 0.4) is 0 Å². The monoisotopic (exact) mass is 412 g/mol. The molecule has 0 saturated carbocycles. The van der Waals surface area contributed by atoms with Gasteiger partial charge < -0.3 is 10.1 Å². The normalized spacial score (nSPS) is 16.0. The summed E-state index contributed by atoms with van der Waals surface area (Å²) in [4.78, 5) is 23.5. The molecule has 0 aliphatic carbocycles. The van der Waals surface area contributed by atoms with E-state index in [9.17, 15) is 9.18 Å². The maximum absolute atomic E-state index is 13.8. The van der Waals surface area contributed by atoms with Crippen LogP contribution in [0.5, 0.6) is 0 Å². The van der Waals surface area contributed by atoms with Gasteiger partial charge in [-0.2, -0.15) is 4.98 Å². The second kappa shape index (κ2) is 8.85. The second-order valence-electron chi connectivity index (χ2n) is 7.48. The summed E-state index contributed by atoms with van der Waals surface area (Å²) in [5.41, 5.74) is 2.60. The number of rotatable bonds is 6. The van der Waals surface area contributed by atoms with E-state index in [0.29, 0.717) is 31.4 Å². The van der Waals surface area contributed by atoms with Crippen LogP contribution in [0.2, 0.25) is 0 Å². The van der Waals surface area contributed by atoms with Crippen molar-refractivity contribution < 1.29 is 13.9 Å². The Kier molecular flexibility index (Phi) is 6.01. The topological polar surface area (TPSA) is 84.7 Å². The van der Waals surface area contributed by atoms with Crippen LogP contribution in [0.1, 0.15) is 28.8 Å². The van der Waals surface area contributed by atoms with E-state index in [4.69, 9.17) is 4.74 Å². The van der Waals surface area contributed by atoms with Crippen molar-refractivity contribution in [2.75, 3.05) is 32.8 Å². The first-order valence-corrected chi connectivity index (χ1v) is 10.0. The van der Waals surface area contributed by atoms with Gasteiger partial charge in [-0.05, 0) is 37.6 Å². The molecule has 8 nitrogen and oxygen atoms in total. The van der Waals surface area contributed by atoms with Gasteiger partial charge in [-0.1, -0.05) is 12.1 Å². The molecule has 1 aliphatic heterocycles. The molecule has 30 heavy (non-hydrogen) atoms. The fourth-order valence-electron chi connectivity index (χ4n) is 3.76. The number of ether oxygens (including phenoxy) is 1. The summed E-state index contributed by atoms with van der Waals surface area (Å²) in [6.07, 6.45) is 0.0564. The highest BCUT2D eigenvalue weighted by atomic mass is 19.1. The fraction of sp³-hybridized carbons (Fsp3) is 0.429. The van der Waals surface area contributed by atoms with Crippen molar-refractivity contribution in [2.24, 2.45) is 0 Å². The molecule has 1 atom stereocenters. The zero-order valence-corrected chi connectivity index (χ0v) is 17.1. The number of aromatic nitrogens is 4. The maximum Gasteiger partial charge on any atom is 0.252 e. The average Bonchev–Trinajstić information content (AvgIpc) is 3.11. The number of nitrogens with one attached hydrogen (secondary N) is 1. The van der Waals surface area contributed by atoms with Gasteiger partial charge in [0, 0.05) is 31.0 Å². The van der Waals surface area contributed by atoms with E-state index < -0.39 is 0 Å². The second-order valence-corrected chi connectivity index (χ2v) is 7.48. The predicted molar refractivity (Wildman–Crippen MR) is 109 cm³/mol. The highest BCUT2D eigenvalue weighted by molar-refractivity contribution is 5.77. The lowest BCUT2D eigenvalue weighted by Gasteiger charge is -2.35. The average molecular weight is 412 g/mol. The zero-order chi connectivity index (χ0) is 21.1. The van der Waals surface area contributed by atoms with Crippen molar-refractivity contribution in [2.45, 2.75) is 26.3 Å². The Morgan fingerprint density at radius 2 is 2.03 bits per heavy atom. The molecule has 1 N–H and O–H groups in total. The van der Waals surface area contributed by atoms with Crippen LogP contribution >= 0.6 is 0 Å². The Labute approximate surface area is 174 Å². The molecule has 1 unspecified atom stereocenters. The van der Waals surface area contributed by atoms with Gasteiger partial charge in [0.2, 0.25) is 5.91 Å². The van der Waals surface area contributed by atoms with Crippen molar-refractivity contribution in [1.82, 2.24) is 29.8 Å². The summed E-state index contributed by atoms with van der Waals surface area (Å²) in [5.74, 6) is 0.433. The summed E-state index contributed by atoms with van der Waals surface area (Å²) in [7, 11) is 0. The van der Waals surface area contributed by atoms with Gasteiger partial charge in [0.25, 0.3) is 5.78 Å². The van der Waals surface area contributed by atoms with E-state index in [-0.39, 0.29) is 24.2 Å². The number of aryl methyl sites for hydroxylation is 2. The third-order valence-electron chi connectivity index (χ3n) is 5.19. The third-order valence-corrected chi connectivity index (χ3v) is 5.19. The molecule has 3 aromatic rings. The quantitative estimate of drug-likeness (QED) is 0.662. The number of morpholine rings is 1. The SMILES string of the molecule is Cc1cc(C)n2nc(CC(=O)NCC(c3cccc(F)c3)N3CCOCC3)nc2n1. The number of fused-ring (bicyclic) bond motifs is 1. The van der Waals surface area contributed by atoms with Crippen LogP contribution in [-0.2, 0) is 16.0 Å². The molecule has 4 rings (SSSR count). The minimum absolute atomic E-state index is 0.0564. The number of nitrogens with zero attached hydrogens (tertiary/aromatic N) is 5. The minimum Gasteiger partial charge on any atom is -0.379 e. The molecule has 158 valence electrons. The lowest BCUT2D eigenvalue weighted by Crippen LogP contribution is -2.44. The molecule has 1 aromatic carbocycles. The van der Waals surface area contributed by atoms with Gasteiger partial charge in [0.15, 0.2) is 5.82 Å². The third kappa shape index (κ3) is 4.63. The molecule has 0 bridgehead atoms. The Balaban J connectivity index is 1.45. The van der Waals surface area contributed by atoms with E-state index >= 15 is 0 Å². The maximum atomic E-state index is 13.8. The molecular formula is C21H25FN6O2. The number of benzene rings is 1. The van der Waals surface area contributed by atoms with E-state index in [1.165, 1.54) is 12.1 Å². The first kappa shape index (κ1) is 20.4. The van der Waals surface area contributed by atoms with Crippen LogP contribution < -0.4 is 5.32 Å². The van der Waals surface area contributed by atoms with Crippen LogP contribution in [0, 0.1) is 19.7 Å². The Hall–Kier alpha value is -2.91. The van der Waals surface area contributed by atoms with Gasteiger partial charge in [0.05, 0.1) is 25.7 Å². The molecule has 3 heterocycles. The van der Waals surface area contributed by atoms with Gasteiger partial charge >= 0.3 is 0 Å². The molecule has 0 spiro atoms. The molecule has 1 saturated heterocycles. The van der Waals surface area contributed by atoms with Gasteiger partial charge in [-0.25, -0.2) is 13.9 Å². The zero-order valence-electron chi connectivity index (χ0n) is 17.1. The van der Waals surface area contributed by atoms with E-state index in [1.54, 1.807) is 10.6 Å². The van der Waals surface area contributed by atoms with Crippen LogP contribution in [-0.4, -0.2) is 63.2 Å². The number of carbonyl (C=O) groups is 1. The van der Waals surface area contributed by atoms with Crippen LogP contribution in [0.15, 0.2) is 30.3 Å². The van der Waals surface area contributed by atoms with Crippen molar-refractivity contribution >= 4 is 11.7 Å². The lowest BCUT2D eigenvalue weighted by atomic mass is 10.0. The molecule has 1 aliphatic rings. The first-order chi connectivity index (χ1) is 14.5. The summed E-state index contributed by atoms with van der Waals surface area (Å²) in [6.45, 7) is 6.89. The summed E-state index contributed by atoms with van der Waals surface area (Å²) < 4.78 is 20.9. The van der Waals surface area contributed by atoms with Gasteiger partial charge in [-0.3, -0.25) is 9.69 Å². The highest BCUT2D eigenvalue weighted by Crippen LogP contribution is 2.22. The summed E-state index contributed by atoms with van der Waals surface area (Å²) in [6, 6.07) is 8.30. The Morgan fingerprint density at radius 1 is 1.23 bits per heavy atom. The van der Waals surface area contributed by atoms with Gasteiger partial charge in [-0.15, -0.1) is 5.10 Å². The number of hydrogen-bond acceptors (Lipinski definition) is 6. The first-order valence-electron chi connectivity index (χ1n) is 10.0.